The van der Waals surface area contributed by atoms with Crippen molar-refractivity contribution in [2.75, 3.05) is 44.6 Å². The van der Waals surface area contributed by atoms with Crippen molar-refractivity contribution in [3.8, 4) is 0 Å². The van der Waals surface area contributed by atoms with E-state index in [2.05, 4.69) is 25.8 Å². The fraction of sp³-hybridized carbons (Fsp3) is 0.450. The number of rotatable bonds is 9. The molecule has 1 fully saturated rings. The van der Waals surface area contributed by atoms with Crippen molar-refractivity contribution in [1.82, 2.24) is 25.1 Å². The average Bonchev–Trinajstić information content (AvgIpc) is 3.24. The van der Waals surface area contributed by atoms with Gasteiger partial charge in [-0.15, -0.1) is 0 Å². The van der Waals surface area contributed by atoms with Crippen molar-refractivity contribution in [2.24, 2.45) is 0 Å². The molecule has 1 aromatic heterocycles. The number of aromatic nitrogens is 2. The fourth-order valence-corrected chi connectivity index (χ4v) is 3.15. The van der Waals surface area contributed by atoms with Crippen LogP contribution in [0, 0.1) is 0 Å². The first kappa shape index (κ1) is 20.0. The number of imidazole rings is 1. The Hall–Kier alpha value is -2.71. The molecule has 0 unspecified atom stereocenters. The van der Waals surface area contributed by atoms with E-state index < -0.39 is 0 Å². The van der Waals surface area contributed by atoms with E-state index in [4.69, 9.17) is 0 Å². The number of hydrogen-bond donors (Lipinski definition) is 3. The maximum Gasteiger partial charge on any atom is 0.251 e. The van der Waals surface area contributed by atoms with Crippen molar-refractivity contribution < 1.29 is 9.59 Å². The Morgan fingerprint density at radius 3 is 2.82 bits per heavy atom. The molecule has 2 aromatic rings. The predicted octanol–water partition coefficient (Wildman–Crippen LogP) is 0.937. The maximum atomic E-state index is 12.4. The maximum absolute atomic E-state index is 12.4. The average molecular weight is 384 g/mol. The summed E-state index contributed by atoms with van der Waals surface area (Å²) < 4.78 is 1.85. The van der Waals surface area contributed by atoms with Crippen molar-refractivity contribution in [3.05, 3.63) is 48.5 Å². The highest BCUT2D eigenvalue weighted by atomic mass is 16.2. The van der Waals surface area contributed by atoms with Gasteiger partial charge >= 0.3 is 0 Å². The Kier molecular flexibility index (Phi) is 7.57. The molecule has 3 rings (SSSR count). The first-order valence-electron chi connectivity index (χ1n) is 9.77. The van der Waals surface area contributed by atoms with E-state index in [0.717, 1.165) is 39.1 Å². The second-order valence-electron chi connectivity index (χ2n) is 6.88. The van der Waals surface area contributed by atoms with Gasteiger partial charge in [-0.3, -0.25) is 9.59 Å². The predicted molar refractivity (Wildman–Crippen MR) is 108 cm³/mol. The summed E-state index contributed by atoms with van der Waals surface area (Å²) in [7, 11) is 0. The van der Waals surface area contributed by atoms with Gasteiger partial charge in [-0.25, -0.2) is 4.98 Å². The zero-order chi connectivity index (χ0) is 19.6. The summed E-state index contributed by atoms with van der Waals surface area (Å²) in [5.74, 6) is -0.211. The SMILES string of the molecule is O=C(CCn1ccnc1)Nc1cccc(C(=O)NCCCN2CCNCC2)c1. The Labute approximate surface area is 165 Å². The Morgan fingerprint density at radius 1 is 1.18 bits per heavy atom. The number of carbonyl (C=O) groups is 2. The molecule has 28 heavy (non-hydrogen) atoms. The molecule has 0 radical (unpaired) electrons. The summed E-state index contributed by atoms with van der Waals surface area (Å²) in [6.45, 7) is 6.41. The minimum atomic E-state index is -0.116. The van der Waals surface area contributed by atoms with Crippen molar-refractivity contribution >= 4 is 17.5 Å². The number of amides is 2. The van der Waals surface area contributed by atoms with E-state index in [1.54, 1.807) is 36.8 Å². The van der Waals surface area contributed by atoms with Crippen LogP contribution in [0.1, 0.15) is 23.2 Å². The Morgan fingerprint density at radius 2 is 2.04 bits per heavy atom. The molecular formula is C20H28N6O2. The molecule has 8 heteroatoms. The molecule has 3 N–H and O–H groups in total. The zero-order valence-electron chi connectivity index (χ0n) is 16.1. The second kappa shape index (κ2) is 10.6. The summed E-state index contributed by atoms with van der Waals surface area (Å²) in [5, 5.41) is 9.14. The van der Waals surface area contributed by atoms with Crippen LogP contribution in [0.4, 0.5) is 5.69 Å². The fourth-order valence-electron chi connectivity index (χ4n) is 3.15. The monoisotopic (exact) mass is 384 g/mol. The molecule has 8 nitrogen and oxygen atoms in total. The topological polar surface area (TPSA) is 91.3 Å². The molecule has 1 aromatic carbocycles. The number of benzene rings is 1. The lowest BCUT2D eigenvalue weighted by atomic mass is 10.2. The molecule has 2 heterocycles. The standard InChI is InChI=1S/C20H28N6O2/c27-19(5-11-26-14-9-22-16-26)24-18-4-1-3-17(15-18)20(28)23-6-2-10-25-12-7-21-8-13-25/h1,3-4,9,14-16,21H,2,5-8,10-13H2,(H,23,28)(H,24,27). The minimum Gasteiger partial charge on any atom is -0.352 e. The zero-order valence-corrected chi connectivity index (χ0v) is 16.1. The Balaban J connectivity index is 1.40. The van der Waals surface area contributed by atoms with Crippen LogP contribution in [0.3, 0.4) is 0 Å². The lowest BCUT2D eigenvalue weighted by Crippen LogP contribution is -2.44. The highest BCUT2D eigenvalue weighted by Crippen LogP contribution is 2.11. The highest BCUT2D eigenvalue weighted by Gasteiger charge is 2.10. The van der Waals surface area contributed by atoms with Gasteiger partial charge in [0.05, 0.1) is 6.33 Å². The number of hydrogen-bond acceptors (Lipinski definition) is 5. The molecule has 0 atom stereocenters. The number of anilines is 1. The molecule has 1 aliphatic rings. The van der Waals surface area contributed by atoms with Gasteiger partial charge in [0.15, 0.2) is 0 Å². The van der Waals surface area contributed by atoms with Gasteiger partial charge in [0.1, 0.15) is 0 Å². The number of aryl methyl sites for hydroxylation is 1. The summed E-state index contributed by atoms with van der Waals surface area (Å²) in [6.07, 6.45) is 6.46. The minimum absolute atomic E-state index is 0.0951. The lowest BCUT2D eigenvalue weighted by molar-refractivity contribution is -0.116. The van der Waals surface area contributed by atoms with Gasteiger partial charge in [0.2, 0.25) is 5.91 Å². The van der Waals surface area contributed by atoms with Crippen LogP contribution in [0.5, 0.6) is 0 Å². The molecule has 1 aliphatic heterocycles. The van der Waals surface area contributed by atoms with Gasteiger partial charge in [-0.05, 0) is 31.2 Å². The number of carbonyl (C=O) groups excluding carboxylic acids is 2. The number of nitrogens with zero attached hydrogens (tertiary/aromatic N) is 3. The summed E-state index contributed by atoms with van der Waals surface area (Å²) in [6, 6.07) is 7.03. The third-order valence-corrected chi connectivity index (χ3v) is 4.71. The van der Waals surface area contributed by atoms with E-state index in [1.165, 1.54) is 0 Å². The molecule has 0 spiro atoms. The van der Waals surface area contributed by atoms with E-state index in [9.17, 15) is 9.59 Å². The number of nitrogens with one attached hydrogen (secondary N) is 3. The third kappa shape index (κ3) is 6.47. The molecule has 150 valence electrons. The third-order valence-electron chi connectivity index (χ3n) is 4.71. The van der Waals surface area contributed by atoms with E-state index >= 15 is 0 Å². The number of piperazine rings is 1. The smallest absolute Gasteiger partial charge is 0.251 e. The van der Waals surface area contributed by atoms with Gasteiger partial charge in [-0.1, -0.05) is 6.07 Å². The van der Waals surface area contributed by atoms with Crippen LogP contribution >= 0.6 is 0 Å². The molecule has 0 bridgehead atoms. The van der Waals surface area contributed by atoms with Crippen molar-refractivity contribution in [3.63, 3.8) is 0 Å². The first-order valence-corrected chi connectivity index (χ1v) is 9.77. The van der Waals surface area contributed by atoms with Crippen LogP contribution in [-0.2, 0) is 11.3 Å². The van der Waals surface area contributed by atoms with Crippen LogP contribution in [0.15, 0.2) is 43.0 Å². The molecule has 2 amide bonds. The molecule has 0 saturated carbocycles. The van der Waals surface area contributed by atoms with Crippen LogP contribution < -0.4 is 16.0 Å². The van der Waals surface area contributed by atoms with Gasteiger partial charge in [0, 0.05) is 69.3 Å². The summed E-state index contributed by atoms with van der Waals surface area (Å²) in [4.78, 5) is 30.8. The van der Waals surface area contributed by atoms with E-state index in [0.29, 0.717) is 30.8 Å². The normalized spacial score (nSPS) is 14.6. The van der Waals surface area contributed by atoms with Crippen molar-refractivity contribution in [2.45, 2.75) is 19.4 Å². The molecular weight excluding hydrogens is 356 g/mol. The molecule has 0 aliphatic carbocycles. The van der Waals surface area contributed by atoms with Crippen molar-refractivity contribution in [1.29, 1.82) is 0 Å². The van der Waals surface area contributed by atoms with Gasteiger partial charge in [0.25, 0.3) is 5.91 Å². The van der Waals surface area contributed by atoms with Crippen LogP contribution in [-0.4, -0.2) is 65.5 Å². The summed E-state index contributed by atoms with van der Waals surface area (Å²) in [5.41, 5.74) is 1.18. The van der Waals surface area contributed by atoms with E-state index in [-0.39, 0.29) is 11.8 Å². The highest BCUT2D eigenvalue weighted by molar-refractivity contribution is 5.97. The van der Waals surface area contributed by atoms with Gasteiger partial charge in [-0.2, -0.15) is 0 Å². The quantitative estimate of drug-likeness (QED) is 0.560. The van der Waals surface area contributed by atoms with Crippen LogP contribution in [0.2, 0.25) is 0 Å². The first-order chi connectivity index (χ1) is 13.7. The lowest BCUT2D eigenvalue weighted by Gasteiger charge is -2.27. The molecule has 1 saturated heterocycles. The summed E-state index contributed by atoms with van der Waals surface area (Å²) >= 11 is 0. The van der Waals surface area contributed by atoms with Gasteiger partial charge < -0.3 is 25.4 Å². The van der Waals surface area contributed by atoms with E-state index in [1.807, 2.05) is 10.8 Å². The second-order valence-corrected chi connectivity index (χ2v) is 6.88. The Bertz CT molecular complexity index is 756. The largest absolute Gasteiger partial charge is 0.352 e. The van der Waals surface area contributed by atoms with Crippen LogP contribution in [0.25, 0.3) is 0 Å².